The highest BCUT2D eigenvalue weighted by Gasteiger charge is 2.24. The van der Waals surface area contributed by atoms with E-state index in [1.54, 1.807) is 18.2 Å². The number of methoxy groups -OCH3 is 2. The zero-order chi connectivity index (χ0) is 13.1. The molecule has 0 N–H and O–H groups in total. The van der Waals surface area contributed by atoms with Crippen LogP contribution in [-0.4, -0.2) is 28.5 Å². The summed E-state index contributed by atoms with van der Waals surface area (Å²) in [7, 11) is 1.12. The first-order valence-corrected chi connectivity index (χ1v) is 8.74. The maximum atomic E-state index is 12.0. The molecule has 0 saturated heterocycles. The Morgan fingerprint density at radius 2 is 1.76 bits per heavy atom. The lowest BCUT2D eigenvalue weighted by Crippen LogP contribution is -2.29. The van der Waals surface area contributed by atoms with Crippen LogP contribution in [0.15, 0.2) is 18.2 Å². The molecule has 0 amide bonds. The van der Waals surface area contributed by atoms with Crippen molar-refractivity contribution in [2.45, 2.75) is 19.6 Å². The van der Waals surface area contributed by atoms with E-state index in [-0.39, 0.29) is 5.97 Å². The zero-order valence-corrected chi connectivity index (χ0v) is 11.9. The SMILES string of the molecule is COc1cccc(C(=O)O[Si](C)(C)C)c1OC. The summed E-state index contributed by atoms with van der Waals surface area (Å²) in [6, 6.07) is 5.15. The van der Waals surface area contributed by atoms with Gasteiger partial charge in [0.1, 0.15) is 5.56 Å². The Kier molecular flexibility index (Phi) is 4.17. The second-order valence-corrected chi connectivity index (χ2v) is 8.97. The third kappa shape index (κ3) is 3.49. The highest BCUT2D eigenvalue weighted by molar-refractivity contribution is 6.71. The average molecular weight is 254 g/mol. The molecule has 0 aliphatic rings. The predicted octanol–water partition coefficient (Wildman–Crippen LogP) is 2.70. The van der Waals surface area contributed by atoms with Gasteiger partial charge < -0.3 is 13.9 Å². The third-order valence-corrected chi connectivity index (χ3v) is 2.82. The molecule has 0 aromatic heterocycles. The first-order valence-electron chi connectivity index (χ1n) is 5.33. The van der Waals surface area contributed by atoms with E-state index in [2.05, 4.69) is 0 Å². The molecule has 4 nitrogen and oxygen atoms in total. The Balaban J connectivity index is 3.09. The van der Waals surface area contributed by atoms with Crippen molar-refractivity contribution >= 4 is 14.3 Å². The first-order chi connectivity index (χ1) is 7.89. The summed E-state index contributed by atoms with van der Waals surface area (Å²) in [5, 5.41) is 0. The van der Waals surface area contributed by atoms with Crippen molar-refractivity contribution in [3.05, 3.63) is 23.8 Å². The van der Waals surface area contributed by atoms with Gasteiger partial charge in [-0.1, -0.05) is 6.07 Å². The average Bonchev–Trinajstić information content (AvgIpc) is 2.25. The largest absolute Gasteiger partial charge is 0.516 e. The number of ether oxygens (including phenoxy) is 2. The number of benzene rings is 1. The van der Waals surface area contributed by atoms with Gasteiger partial charge in [0.2, 0.25) is 8.32 Å². The number of carbonyl (C=O) groups is 1. The van der Waals surface area contributed by atoms with E-state index < -0.39 is 8.32 Å². The van der Waals surface area contributed by atoms with E-state index in [1.165, 1.54) is 14.2 Å². The fourth-order valence-electron chi connectivity index (χ4n) is 1.38. The first kappa shape index (κ1) is 13.6. The lowest BCUT2D eigenvalue weighted by atomic mass is 10.2. The van der Waals surface area contributed by atoms with Crippen molar-refractivity contribution in [3.63, 3.8) is 0 Å². The van der Waals surface area contributed by atoms with Gasteiger partial charge in [-0.2, -0.15) is 0 Å². The Labute approximate surface area is 103 Å². The van der Waals surface area contributed by atoms with Crippen LogP contribution >= 0.6 is 0 Å². The number of hydrogen-bond acceptors (Lipinski definition) is 4. The van der Waals surface area contributed by atoms with Crippen LogP contribution in [0, 0.1) is 0 Å². The summed E-state index contributed by atoms with van der Waals surface area (Å²) in [6.07, 6.45) is 0. The van der Waals surface area contributed by atoms with Crippen molar-refractivity contribution in [2.24, 2.45) is 0 Å². The minimum Gasteiger partial charge on any atom is -0.516 e. The molecular weight excluding hydrogens is 236 g/mol. The van der Waals surface area contributed by atoms with Crippen LogP contribution in [0.4, 0.5) is 0 Å². The smallest absolute Gasteiger partial charge is 0.328 e. The molecule has 1 aromatic rings. The summed E-state index contributed by atoms with van der Waals surface area (Å²) >= 11 is 0. The normalized spacial score (nSPS) is 10.9. The van der Waals surface area contributed by atoms with E-state index in [0.717, 1.165) is 0 Å². The summed E-state index contributed by atoms with van der Waals surface area (Å²) in [4.78, 5) is 12.0. The lowest BCUT2D eigenvalue weighted by molar-refractivity contribution is 0.0720. The van der Waals surface area contributed by atoms with Gasteiger partial charge in [0, 0.05) is 0 Å². The van der Waals surface area contributed by atoms with Crippen molar-refractivity contribution in [2.75, 3.05) is 14.2 Å². The highest BCUT2D eigenvalue weighted by Crippen LogP contribution is 2.31. The summed E-state index contributed by atoms with van der Waals surface area (Å²) < 4.78 is 15.8. The third-order valence-electron chi connectivity index (χ3n) is 2.02. The quantitative estimate of drug-likeness (QED) is 0.775. The molecule has 0 bridgehead atoms. The Hall–Kier alpha value is -1.49. The van der Waals surface area contributed by atoms with E-state index in [9.17, 15) is 4.79 Å². The molecular formula is C12H18O4Si. The molecule has 5 heteroatoms. The fraction of sp³-hybridized carbons (Fsp3) is 0.417. The van der Waals surface area contributed by atoms with Gasteiger partial charge in [0.15, 0.2) is 11.5 Å². The van der Waals surface area contributed by atoms with Gasteiger partial charge >= 0.3 is 5.97 Å². The van der Waals surface area contributed by atoms with Gasteiger partial charge in [-0.05, 0) is 31.8 Å². The van der Waals surface area contributed by atoms with Crippen LogP contribution in [-0.2, 0) is 4.43 Å². The van der Waals surface area contributed by atoms with Gasteiger partial charge in [0.05, 0.1) is 14.2 Å². The maximum Gasteiger partial charge on any atom is 0.328 e. The lowest BCUT2D eigenvalue weighted by Gasteiger charge is -2.19. The maximum absolute atomic E-state index is 12.0. The van der Waals surface area contributed by atoms with E-state index >= 15 is 0 Å². The van der Waals surface area contributed by atoms with Gasteiger partial charge in [-0.3, -0.25) is 0 Å². The molecule has 0 heterocycles. The standard InChI is InChI=1S/C12H18O4Si/c1-14-10-8-6-7-9(11(10)15-2)12(13)16-17(3,4)5/h6-8H,1-5H3. The molecule has 0 atom stereocenters. The minimum atomic E-state index is -1.91. The van der Waals surface area contributed by atoms with Gasteiger partial charge in [0.25, 0.3) is 0 Å². The van der Waals surface area contributed by atoms with E-state index in [1.807, 2.05) is 19.6 Å². The number of hydrogen-bond donors (Lipinski definition) is 0. The van der Waals surface area contributed by atoms with Crippen LogP contribution in [0.3, 0.4) is 0 Å². The summed E-state index contributed by atoms with van der Waals surface area (Å²) in [5.41, 5.74) is 0.397. The Morgan fingerprint density at radius 1 is 1.12 bits per heavy atom. The highest BCUT2D eigenvalue weighted by atomic mass is 28.4. The molecule has 0 aliphatic heterocycles. The minimum absolute atomic E-state index is 0.361. The van der Waals surface area contributed by atoms with Gasteiger partial charge in [-0.15, -0.1) is 0 Å². The second-order valence-electron chi connectivity index (χ2n) is 4.54. The summed E-state index contributed by atoms with van der Waals surface area (Å²) in [6.45, 7) is 5.87. The Bertz CT molecular complexity index is 409. The van der Waals surface area contributed by atoms with Crippen LogP contribution in [0.25, 0.3) is 0 Å². The van der Waals surface area contributed by atoms with Crippen LogP contribution in [0.2, 0.25) is 19.6 Å². The van der Waals surface area contributed by atoms with E-state index in [4.69, 9.17) is 13.9 Å². The molecule has 0 unspecified atom stereocenters. The molecule has 0 fully saturated rings. The topological polar surface area (TPSA) is 44.8 Å². The Morgan fingerprint density at radius 3 is 2.24 bits per heavy atom. The van der Waals surface area contributed by atoms with Gasteiger partial charge in [-0.25, -0.2) is 4.79 Å². The van der Waals surface area contributed by atoms with Crippen molar-refractivity contribution < 1.29 is 18.7 Å². The van der Waals surface area contributed by atoms with Crippen molar-refractivity contribution in [1.82, 2.24) is 0 Å². The summed E-state index contributed by atoms with van der Waals surface area (Å²) in [5.74, 6) is 0.579. The molecule has 94 valence electrons. The molecule has 17 heavy (non-hydrogen) atoms. The van der Waals surface area contributed by atoms with Crippen LogP contribution in [0.5, 0.6) is 11.5 Å². The van der Waals surface area contributed by atoms with Crippen molar-refractivity contribution in [1.29, 1.82) is 0 Å². The molecule has 1 aromatic carbocycles. The molecule has 1 rings (SSSR count). The second kappa shape index (κ2) is 5.22. The van der Waals surface area contributed by atoms with Crippen LogP contribution in [0.1, 0.15) is 10.4 Å². The predicted molar refractivity (Wildman–Crippen MR) is 68.3 cm³/mol. The van der Waals surface area contributed by atoms with Crippen molar-refractivity contribution in [3.8, 4) is 11.5 Å². The number of para-hydroxylation sites is 1. The monoisotopic (exact) mass is 254 g/mol. The fourth-order valence-corrected chi connectivity index (χ4v) is 2.05. The van der Waals surface area contributed by atoms with Crippen LogP contribution < -0.4 is 9.47 Å². The molecule has 0 spiro atoms. The number of rotatable bonds is 4. The number of carbonyl (C=O) groups excluding carboxylic acids is 1. The molecule has 0 radical (unpaired) electrons. The zero-order valence-electron chi connectivity index (χ0n) is 10.9. The van der Waals surface area contributed by atoms with E-state index in [0.29, 0.717) is 17.1 Å². The molecule has 0 aliphatic carbocycles. The molecule has 0 saturated carbocycles.